The van der Waals surface area contributed by atoms with Gasteiger partial charge in [-0.25, -0.2) is 9.67 Å². The number of nitrogens with two attached hydrogens (primary N) is 1. The molecule has 2 aliphatic heterocycles. The summed E-state index contributed by atoms with van der Waals surface area (Å²) in [6.45, 7) is 0.997. The van der Waals surface area contributed by atoms with Gasteiger partial charge >= 0.3 is 0 Å². The molecule has 94 valence electrons. The fraction of sp³-hybridized carbons (Fsp3) is 0.833. The van der Waals surface area contributed by atoms with E-state index in [-0.39, 0.29) is 6.04 Å². The zero-order chi connectivity index (χ0) is 11.7. The van der Waals surface area contributed by atoms with Crippen LogP contribution in [0.15, 0.2) is 0 Å². The summed E-state index contributed by atoms with van der Waals surface area (Å²) in [5.74, 6) is 5.43. The van der Waals surface area contributed by atoms with Crippen molar-refractivity contribution in [3.05, 3.63) is 11.6 Å². The van der Waals surface area contributed by atoms with E-state index < -0.39 is 0 Å². The van der Waals surface area contributed by atoms with E-state index in [1.807, 2.05) is 4.68 Å². The molecule has 17 heavy (non-hydrogen) atoms. The van der Waals surface area contributed by atoms with Crippen LogP contribution in [-0.2, 0) is 13.0 Å². The van der Waals surface area contributed by atoms with Gasteiger partial charge in [-0.3, -0.25) is 0 Å². The highest BCUT2D eigenvalue weighted by molar-refractivity contribution is 7.99. The van der Waals surface area contributed by atoms with E-state index in [0.717, 1.165) is 43.4 Å². The Bertz CT molecular complexity index is 384. The van der Waals surface area contributed by atoms with Crippen molar-refractivity contribution < 1.29 is 0 Å². The molecule has 2 N–H and O–H groups in total. The quantitative estimate of drug-likeness (QED) is 0.871. The molecule has 0 aromatic carbocycles. The minimum Gasteiger partial charge on any atom is -0.321 e. The second-order valence-corrected chi connectivity index (χ2v) is 6.34. The maximum Gasteiger partial charge on any atom is 0.151 e. The zero-order valence-corrected chi connectivity index (χ0v) is 11.0. The lowest BCUT2D eigenvalue weighted by Crippen LogP contribution is -2.22. The Morgan fingerprint density at radius 2 is 2.12 bits per heavy atom. The van der Waals surface area contributed by atoms with Gasteiger partial charge < -0.3 is 5.73 Å². The lowest BCUT2D eigenvalue weighted by Gasteiger charge is -2.19. The summed E-state index contributed by atoms with van der Waals surface area (Å²) >= 11 is 2.07. The molecule has 0 radical (unpaired) electrons. The van der Waals surface area contributed by atoms with Crippen LogP contribution in [0.25, 0.3) is 0 Å². The predicted molar refractivity (Wildman–Crippen MR) is 69.9 cm³/mol. The molecule has 0 bridgehead atoms. The summed E-state index contributed by atoms with van der Waals surface area (Å²) in [5, 5.41) is 4.61. The van der Waals surface area contributed by atoms with Gasteiger partial charge in [0.05, 0.1) is 6.04 Å². The molecule has 0 aliphatic carbocycles. The standard InChI is InChI=1S/C12H20N4S/c13-10-2-1-5-16-12(10)14-11(15-16)8-9-3-6-17-7-4-9/h9-10H,1-8,13H2. The third kappa shape index (κ3) is 2.50. The van der Waals surface area contributed by atoms with Crippen LogP contribution in [0.1, 0.15) is 43.4 Å². The highest BCUT2D eigenvalue weighted by Crippen LogP contribution is 2.26. The molecule has 1 aromatic heterocycles. The maximum atomic E-state index is 6.07. The number of rotatable bonds is 2. The number of fused-ring (bicyclic) bond motifs is 1. The number of thioether (sulfide) groups is 1. The van der Waals surface area contributed by atoms with Crippen LogP contribution in [0.5, 0.6) is 0 Å². The van der Waals surface area contributed by atoms with Crippen LogP contribution in [0.3, 0.4) is 0 Å². The molecule has 1 fully saturated rings. The van der Waals surface area contributed by atoms with Gasteiger partial charge in [0.2, 0.25) is 0 Å². The second-order valence-electron chi connectivity index (χ2n) is 5.12. The number of hydrogen-bond donors (Lipinski definition) is 1. The minimum atomic E-state index is 0.104. The summed E-state index contributed by atoms with van der Waals surface area (Å²) in [5.41, 5.74) is 6.07. The van der Waals surface area contributed by atoms with Crippen molar-refractivity contribution in [3.8, 4) is 0 Å². The molecule has 1 saturated heterocycles. The van der Waals surface area contributed by atoms with Gasteiger partial charge in [0.15, 0.2) is 5.82 Å². The Morgan fingerprint density at radius 1 is 1.29 bits per heavy atom. The average molecular weight is 252 g/mol. The van der Waals surface area contributed by atoms with E-state index >= 15 is 0 Å². The normalized spacial score (nSPS) is 25.8. The highest BCUT2D eigenvalue weighted by atomic mass is 32.2. The van der Waals surface area contributed by atoms with Gasteiger partial charge in [0, 0.05) is 13.0 Å². The van der Waals surface area contributed by atoms with Gasteiger partial charge in [0.25, 0.3) is 0 Å². The van der Waals surface area contributed by atoms with E-state index in [1.165, 1.54) is 24.3 Å². The lowest BCUT2D eigenvalue weighted by atomic mass is 9.99. The van der Waals surface area contributed by atoms with Crippen molar-refractivity contribution in [1.82, 2.24) is 14.8 Å². The van der Waals surface area contributed by atoms with Crippen molar-refractivity contribution in [2.75, 3.05) is 11.5 Å². The molecule has 3 rings (SSSR count). The van der Waals surface area contributed by atoms with Crippen LogP contribution < -0.4 is 5.73 Å². The van der Waals surface area contributed by atoms with Crippen molar-refractivity contribution in [3.63, 3.8) is 0 Å². The average Bonchev–Trinajstić information content (AvgIpc) is 2.74. The van der Waals surface area contributed by atoms with Crippen LogP contribution in [0.4, 0.5) is 0 Å². The number of hydrogen-bond acceptors (Lipinski definition) is 4. The van der Waals surface area contributed by atoms with Crippen LogP contribution >= 0.6 is 11.8 Å². The zero-order valence-electron chi connectivity index (χ0n) is 10.1. The second kappa shape index (κ2) is 4.98. The van der Waals surface area contributed by atoms with Crippen molar-refractivity contribution in [2.45, 2.75) is 44.7 Å². The SMILES string of the molecule is NC1CCCn2nc(CC3CCSCC3)nc21. The van der Waals surface area contributed by atoms with Gasteiger partial charge in [-0.15, -0.1) is 0 Å². The topological polar surface area (TPSA) is 56.7 Å². The van der Waals surface area contributed by atoms with E-state index in [4.69, 9.17) is 5.73 Å². The first-order valence-electron chi connectivity index (χ1n) is 6.60. The summed E-state index contributed by atoms with van der Waals surface area (Å²) in [6.07, 6.45) is 5.88. The minimum absolute atomic E-state index is 0.104. The molecule has 0 spiro atoms. The van der Waals surface area contributed by atoms with Crippen molar-refractivity contribution in [2.24, 2.45) is 11.7 Å². The molecule has 1 unspecified atom stereocenters. The maximum absolute atomic E-state index is 6.07. The molecule has 4 nitrogen and oxygen atoms in total. The first-order chi connectivity index (χ1) is 8.33. The monoisotopic (exact) mass is 252 g/mol. The summed E-state index contributed by atoms with van der Waals surface area (Å²) in [7, 11) is 0. The predicted octanol–water partition coefficient (Wildman–Crippen LogP) is 1.76. The van der Waals surface area contributed by atoms with Gasteiger partial charge in [-0.05, 0) is 43.1 Å². The lowest BCUT2D eigenvalue weighted by molar-refractivity contribution is 0.420. The Hall–Kier alpha value is -0.550. The summed E-state index contributed by atoms with van der Waals surface area (Å²) in [6, 6.07) is 0.104. The molecule has 3 heterocycles. The van der Waals surface area contributed by atoms with E-state index in [2.05, 4.69) is 21.8 Å². The van der Waals surface area contributed by atoms with Gasteiger partial charge in [-0.1, -0.05) is 0 Å². The number of nitrogens with zero attached hydrogens (tertiary/aromatic N) is 3. The molecule has 1 aromatic rings. The molecule has 0 amide bonds. The third-order valence-corrected chi connectivity index (χ3v) is 4.82. The smallest absolute Gasteiger partial charge is 0.151 e. The first-order valence-corrected chi connectivity index (χ1v) is 7.75. The van der Waals surface area contributed by atoms with Crippen molar-refractivity contribution in [1.29, 1.82) is 0 Å². The van der Waals surface area contributed by atoms with Crippen molar-refractivity contribution >= 4 is 11.8 Å². The first kappa shape index (κ1) is 11.5. The van der Waals surface area contributed by atoms with Gasteiger partial charge in [-0.2, -0.15) is 16.9 Å². The molecular weight excluding hydrogens is 232 g/mol. The fourth-order valence-electron chi connectivity index (χ4n) is 2.73. The number of aromatic nitrogens is 3. The Kier molecular flexibility index (Phi) is 3.38. The van der Waals surface area contributed by atoms with E-state index in [9.17, 15) is 0 Å². The Morgan fingerprint density at radius 3 is 2.88 bits per heavy atom. The molecule has 2 aliphatic rings. The summed E-state index contributed by atoms with van der Waals surface area (Å²) < 4.78 is 2.03. The van der Waals surface area contributed by atoms with Crippen LogP contribution in [0.2, 0.25) is 0 Å². The molecule has 1 atom stereocenters. The van der Waals surface area contributed by atoms with Crippen LogP contribution in [0, 0.1) is 5.92 Å². The van der Waals surface area contributed by atoms with E-state index in [1.54, 1.807) is 0 Å². The molecular formula is C12H20N4S. The molecule has 0 saturated carbocycles. The largest absolute Gasteiger partial charge is 0.321 e. The molecule has 5 heteroatoms. The van der Waals surface area contributed by atoms with Gasteiger partial charge in [0.1, 0.15) is 5.82 Å². The third-order valence-electron chi connectivity index (χ3n) is 3.77. The summed E-state index contributed by atoms with van der Waals surface area (Å²) in [4.78, 5) is 4.65. The van der Waals surface area contributed by atoms with Crippen LogP contribution in [-0.4, -0.2) is 26.3 Å². The Labute approximate surface area is 106 Å². The number of aryl methyl sites for hydroxylation is 1. The van der Waals surface area contributed by atoms with E-state index in [0.29, 0.717) is 0 Å². The Balaban J connectivity index is 1.71. The fourth-order valence-corrected chi connectivity index (χ4v) is 3.93. The highest BCUT2D eigenvalue weighted by Gasteiger charge is 2.23.